The fourth-order valence-electron chi connectivity index (χ4n) is 6.26. The van der Waals surface area contributed by atoms with Gasteiger partial charge >= 0.3 is 0 Å². The lowest BCUT2D eigenvalue weighted by Gasteiger charge is -2.42. The number of anilines is 1. The minimum absolute atomic E-state index is 0.112. The van der Waals surface area contributed by atoms with Gasteiger partial charge in [0.25, 0.3) is 0 Å². The van der Waals surface area contributed by atoms with Crippen LogP contribution in [0.1, 0.15) is 49.8 Å². The molecule has 0 aromatic carbocycles. The summed E-state index contributed by atoms with van der Waals surface area (Å²) in [7, 11) is 0. The number of hydrogen-bond donors (Lipinski definition) is 1. The normalized spacial score (nSPS) is 23.8. The van der Waals surface area contributed by atoms with Gasteiger partial charge in [-0.1, -0.05) is 19.3 Å². The largest absolute Gasteiger partial charge is 0.354 e. The Balaban J connectivity index is 1.21. The molecule has 4 aliphatic rings. The maximum Gasteiger partial charge on any atom is 0.229 e. The van der Waals surface area contributed by atoms with E-state index in [0.717, 1.165) is 68.0 Å². The first-order valence-corrected chi connectivity index (χ1v) is 12.7. The van der Waals surface area contributed by atoms with Crippen LogP contribution in [0.15, 0.2) is 10.7 Å². The molecule has 31 heavy (non-hydrogen) atoms. The van der Waals surface area contributed by atoms with E-state index >= 15 is 0 Å². The Morgan fingerprint density at radius 3 is 2.77 bits per heavy atom. The van der Waals surface area contributed by atoms with Gasteiger partial charge in [-0.2, -0.15) is 9.61 Å². The minimum Gasteiger partial charge on any atom is -0.354 e. The van der Waals surface area contributed by atoms with E-state index in [-0.39, 0.29) is 5.92 Å². The van der Waals surface area contributed by atoms with Crippen LogP contribution in [-0.4, -0.2) is 64.7 Å². The van der Waals surface area contributed by atoms with Crippen molar-refractivity contribution in [1.29, 1.82) is 0 Å². The van der Waals surface area contributed by atoms with Crippen molar-refractivity contribution in [2.45, 2.75) is 51.4 Å². The van der Waals surface area contributed by atoms with Crippen LogP contribution in [-0.2, 0) is 17.6 Å². The fourth-order valence-corrected chi connectivity index (χ4v) is 6.61. The third-order valence-corrected chi connectivity index (χ3v) is 8.60. The van der Waals surface area contributed by atoms with Crippen molar-refractivity contribution in [2.75, 3.05) is 44.2 Å². The van der Waals surface area contributed by atoms with Crippen molar-refractivity contribution in [3.63, 3.8) is 0 Å². The number of aromatic nitrogens is 3. The number of halogens is 1. The number of nitrogens with one attached hydrogen (secondary N) is 1. The fraction of sp³-hybridized carbons (Fsp3) is 0.696. The molecule has 5 heterocycles. The van der Waals surface area contributed by atoms with E-state index in [1.165, 1.54) is 49.8 Å². The standard InChI is InChI=1S/C23H31BrN6O/c24-18-12-26-30-20(18)27-19-5-10-25-9-4-17(19)21(30)29-13-16(14-29)22(31)28-11-8-23(15-28)6-2-1-3-7-23/h12,16,25H,1-11,13-15H2. The molecule has 1 spiro atoms. The summed E-state index contributed by atoms with van der Waals surface area (Å²) in [4.78, 5) is 22.7. The molecule has 1 saturated carbocycles. The number of hydrogen-bond acceptors (Lipinski definition) is 5. The number of amides is 1. The number of nitrogens with zero attached hydrogens (tertiary/aromatic N) is 5. The summed E-state index contributed by atoms with van der Waals surface area (Å²) in [6.45, 7) is 5.45. The molecule has 1 aliphatic carbocycles. The molecule has 7 nitrogen and oxygen atoms in total. The number of carbonyl (C=O) groups excluding carboxylic acids is 1. The molecule has 0 radical (unpaired) electrons. The Morgan fingerprint density at radius 1 is 1.13 bits per heavy atom. The molecule has 1 amide bonds. The maximum absolute atomic E-state index is 13.3. The quantitative estimate of drug-likeness (QED) is 0.706. The molecule has 166 valence electrons. The zero-order valence-electron chi connectivity index (χ0n) is 18.1. The van der Waals surface area contributed by atoms with Gasteiger partial charge in [0.05, 0.1) is 22.3 Å². The van der Waals surface area contributed by atoms with Crippen LogP contribution < -0.4 is 10.2 Å². The average Bonchev–Trinajstić information content (AvgIpc) is 3.22. The highest BCUT2D eigenvalue weighted by molar-refractivity contribution is 9.10. The predicted octanol–water partition coefficient (Wildman–Crippen LogP) is 2.80. The van der Waals surface area contributed by atoms with Gasteiger partial charge in [-0.15, -0.1) is 0 Å². The zero-order chi connectivity index (χ0) is 21.0. The molecule has 3 aliphatic heterocycles. The van der Waals surface area contributed by atoms with Crippen molar-refractivity contribution in [2.24, 2.45) is 11.3 Å². The Kier molecular flexibility index (Phi) is 4.98. The first-order chi connectivity index (χ1) is 15.1. The second-order valence-corrected chi connectivity index (χ2v) is 10.9. The highest BCUT2D eigenvalue weighted by Crippen LogP contribution is 2.44. The lowest BCUT2D eigenvalue weighted by molar-refractivity contribution is -0.135. The summed E-state index contributed by atoms with van der Waals surface area (Å²) in [6.07, 6.45) is 11.6. The molecule has 3 fully saturated rings. The van der Waals surface area contributed by atoms with Gasteiger partial charge in [0, 0.05) is 44.7 Å². The number of carbonyl (C=O) groups is 1. The van der Waals surface area contributed by atoms with Gasteiger partial charge in [-0.25, -0.2) is 4.98 Å². The molecular formula is C23H31BrN6O. The highest BCUT2D eigenvalue weighted by atomic mass is 79.9. The number of fused-ring (bicyclic) bond motifs is 2. The first kappa shape index (κ1) is 20.0. The summed E-state index contributed by atoms with van der Waals surface area (Å²) in [5.41, 5.74) is 3.77. The smallest absolute Gasteiger partial charge is 0.229 e. The third kappa shape index (κ3) is 3.37. The van der Waals surface area contributed by atoms with Crippen molar-refractivity contribution in [3.05, 3.63) is 21.9 Å². The molecule has 2 aromatic rings. The van der Waals surface area contributed by atoms with Crippen LogP contribution in [0, 0.1) is 11.3 Å². The van der Waals surface area contributed by atoms with E-state index in [1.54, 1.807) is 0 Å². The SMILES string of the molecule is O=C(C1CN(c2c3c(nc4c(Br)cnn24)CCNCC3)C1)N1CCC2(CCCCC2)C1. The Hall–Kier alpha value is -1.67. The molecule has 1 N–H and O–H groups in total. The summed E-state index contributed by atoms with van der Waals surface area (Å²) in [5, 5.41) is 8.10. The van der Waals surface area contributed by atoms with Crippen molar-refractivity contribution in [1.82, 2.24) is 24.8 Å². The van der Waals surface area contributed by atoms with Crippen LogP contribution in [0.5, 0.6) is 0 Å². The van der Waals surface area contributed by atoms with Gasteiger partial charge in [0.2, 0.25) is 5.91 Å². The monoisotopic (exact) mass is 486 g/mol. The van der Waals surface area contributed by atoms with E-state index in [0.29, 0.717) is 11.3 Å². The van der Waals surface area contributed by atoms with Crippen LogP contribution >= 0.6 is 15.9 Å². The predicted molar refractivity (Wildman–Crippen MR) is 123 cm³/mol. The second kappa shape index (κ2) is 7.73. The molecular weight excluding hydrogens is 456 g/mol. The molecule has 6 rings (SSSR count). The Labute approximate surface area is 191 Å². The van der Waals surface area contributed by atoms with Gasteiger partial charge in [0.15, 0.2) is 5.65 Å². The van der Waals surface area contributed by atoms with Gasteiger partial charge < -0.3 is 15.1 Å². The van der Waals surface area contributed by atoms with E-state index in [4.69, 9.17) is 4.98 Å². The third-order valence-electron chi connectivity index (χ3n) is 8.05. The van der Waals surface area contributed by atoms with Gasteiger partial charge in [-0.05, 0) is 53.6 Å². The van der Waals surface area contributed by atoms with E-state index in [1.807, 2.05) is 10.7 Å². The lowest BCUT2D eigenvalue weighted by Crippen LogP contribution is -2.55. The minimum atomic E-state index is 0.112. The first-order valence-electron chi connectivity index (χ1n) is 11.9. The van der Waals surface area contributed by atoms with E-state index < -0.39 is 0 Å². The van der Waals surface area contributed by atoms with Crippen molar-refractivity contribution < 1.29 is 4.79 Å². The topological polar surface area (TPSA) is 65.8 Å². The van der Waals surface area contributed by atoms with Crippen LogP contribution in [0.3, 0.4) is 0 Å². The van der Waals surface area contributed by atoms with Crippen molar-refractivity contribution in [3.8, 4) is 0 Å². The maximum atomic E-state index is 13.3. The summed E-state index contributed by atoms with van der Waals surface area (Å²) < 4.78 is 2.90. The summed E-state index contributed by atoms with van der Waals surface area (Å²) >= 11 is 3.61. The molecule has 0 bridgehead atoms. The molecule has 0 atom stereocenters. The molecule has 2 aromatic heterocycles. The molecule has 2 saturated heterocycles. The highest BCUT2D eigenvalue weighted by Gasteiger charge is 2.44. The summed E-state index contributed by atoms with van der Waals surface area (Å²) in [6, 6.07) is 0. The average molecular weight is 487 g/mol. The zero-order valence-corrected chi connectivity index (χ0v) is 19.7. The Bertz CT molecular complexity index is 1010. The number of likely N-dealkylation sites (tertiary alicyclic amines) is 1. The van der Waals surface area contributed by atoms with E-state index in [2.05, 4.69) is 36.1 Å². The van der Waals surface area contributed by atoms with Crippen LogP contribution in [0.4, 0.5) is 5.82 Å². The molecule has 0 unspecified atom stereocenters. The van der Waals surface area contributed by atoms with E-state index in [9.17, 15) is 4.79 Å². The second-order valence-electron chi connectivity index (χ2n) is 10.0. The van der Waals surface area contributed by atoms with Gasteiger partial charge in [-0.3, -0.25) is 4.79 Å². The van der Waals surface area contributed by atoms with Gasteiger partial charge in [0.1, 0.15) is 5.82 Å². The molecule has 8 heteroatoms. The lowest BCUT2D eigenvalue weighted by atomic mass is 9.73. The summed E-state index contributed by atoms with van der Waals surface area (Å²) in [5.74, 6) is 1.63. The Morgan fingerprint density at radius 2 is 1.94 bits per heavy atom. The van der Waals surface area contributed by atoms with Crippen molar-refractivity contribution >= 4 is 33.3 Å². The van der Waals surface area contributed by atoms with Crippen LogP contribution in [0.2, 0.25) is 0 Å². The van der Waals surface area contributed by atoms with Crippen LogP contribution in [0.25, 0.3) is 5.65 Å². The number of rotatable bonds is 2.